The van der Waals surface area contributed by atoms with Crippen molar-refractivity contribution in [2.24, 2.45) is 10.7 Å². The highest BCUT2D eigenvalue weighted by Crippen LogP contribution is 2.34. The van der Waals surface area contributed by atoms with Gasteiger partial charge in [-0.3, -0.25) is 9.78 Å². The van der Waals surface area contributed by atoms with Gasteiger partial charge < -0.3 is 11.1 Å². The number of amides is 1. The summed E-state index contributed by atoms with van der Waals surface area (Å²) < 4.78 is 0. The van der Waals surface area contributed by atoms with Gasteiger partial charge >= 0.3 is 0 Å². The molecule has 0 spiro atoms. The third-order valence-corrected chi connectivity index (χ3v) is 5.03. The van der Waals surface area contributed by atoms with Gasteiger partial charge in [-0.25, -0.2) is 9.98 Å². The lowest BCUT2D eigenvalue weighted by Gasteiger charge is -2.28. The Kier molecular flexibility index (Phi) is 5.11. The van der Waals surface area contributed by atoms with Crippen LogP contribution >= 0.6 is 23.4 Å². The SMILES string of the molecule is C[C@@]1(c2cc(NC(=O)c3ncc(C#N)cc3Cl)ccn2)CCSC(N)=N1. The molecule has 0 saturated carbocycles. The van der Waals surface area contributed by atoms with Gasteiger partial charge in [-0.2, -0.15) is 5.26 Å². The minimum absolute atomic E-state index is 0.0478. The number of nitrogens with two attached hydrogens (primary N) is 1. The first-order valence-corrected chi connectivity index (χ1v) is 9.09. The van der Waals surface area contributed by atoms with Crippen LogP contribution < -0.4 is 11.1 Å². The molecule has 0 saturated heterocycles. The van der Waals surface area contributed by atoms with Crippen molar-refractivity contribution in [1.82, 2.24) is 9.97 Å². The monoisotopic (exact) mass is 386 g/mol. The maximum Gasteiger partial charge on any atom is 0.275 e. The quantitative estimate of drug-likeness (QED) is 0.837. The number of aromatic nitrogens is 2. The first-order chi connectivity index (χ1) is 12.4. The zero-order valence-corrected chi connectivity index (χ0v) is 15.4. The van der Waals surface area contributed by atoms with E-state index in [1.807, 2.05) is 13.0 Å². The number of hydrogen-bond acceptors (Lipinski definition) is 7. The van der Waals surface area contributed by atoms with Gasteiger partial charge in [-0.1, -0.05) is 23.4 Å². The van der Waals surface area contributed by atoms with Crippen molar-refractivity contribution in [3.63, 3.8) is 0 Å². The van der Waals surface area contributed by atoms with E-state index in [0.29, 0.717) is 10.9 Å². The Labute approximate surface area is 159 Å². The Balaban J connectivity index is 1.84. The summed E-state index contributed by atoms with van der Waals surface area (Å²) in [7, 11) is 0. The van der Waals surface area contributed by atoms with Crippen LogP contribution in [0.4, 0.5) is 5.69 Å². The van der Waals surface area contributed by atoms with E-state index in [1.54, 1.807) is 18.3 Å². The third kappa shape index (κ3) is 3.79. The second-order valence-corrected chi connectivity index (χ2v) is 7.39. The number of pyridine rings is 2. The average Bonchev–Trinajstić information content (AvgIpc) is 2.61. The lowest BCUT2D eigenvalue weighted by molar-refractivity contribution is 0.102. The molecule has 0 aliphatic carbocycles. The Morgan fingerprint density at radius 2 is 2.27 bits per heavy atom. The minimum Gasteiger partial charge on any atom is -0.379 e. The Morgan fingerprint density at radius 3 is 2.96 bits per heavy atom. The van der Waals surface area contributed by atoms with Gasteiger partial charge in [0.25, 0.3) is 5.91 Å². The Morgan fingerprint density at radius 1 is 1.46 bits per heavy atom. The molecule has 132 valence electrons. The average molecular weight is 387 g/mol. The van der Waals surface area contributed by atoms with E-state index in [9.17, 15) is 4.79 Å². The number of nitrogens with one attached hydrogen (secondary N) is 1. The predicted octanol–water partition coefficient (Wildman–Crippen LogP) is 2.92. The fourth-order valence-electron chi connectivity index (χ4n) is 2.53. The summed E-state index contributed by atoms with van der Waals surface area (Å²) in [6, 6.07) is 6.77. The molecule has 26 heavy (non-hydrogen) atoms. The van der Waals surface area contributed by atoms with E-state index in [0.717, 1.165) is 17.9 Å². The molecule has 2 aromatic rings. The van der Waals surface area contributed by atoms with E-state index in [1.165, 1.54) is 24.0 Å². The van der Waals surface area contributed by atoms with Crippen molar-refractivity contribution in [3.05, 3.63) is 52.6 Å². The van der Waals surface area contributed by atoms with E-state index in [-0.39, 0.29) is 16.3 Å². The molecule has 0 radical (unpaired) electrons. The molecule has 0 unspecified atom stereocenters. The first-order valence-electron chi connectivity index (χ1n) is 7.73. The van der Waals surface area contributed by atoms with E-state index < -0.39 is 11.4 Å². The molecule has 9 heteroatoms. The van der Waals surface area contributed by atoms with Gasteiger partial charge in [0.1, 0.15) is 17.3 Å². The molecule has 3 N–H and O–H groups in total. The molecule has 7 nitrogen and oxygen atoms in total. The number of nitrogens with zero attached hydrogens (tertiary/aromatic N) is 4. The molecule has 1 amide bonds. The van der Waals surface area contributed by atoms with E-state index >= 15 is 0 Å². The molecular formula is C17H15ClN6OS. The fourth-order valence-corrected chi connectivity index (χ4v) is 3.76. The van der Waals surface area contributed by atoms with Gasteiger partial charge in [0.15, 0.2) is 5.17 Å². The number of hydrogen-bond donors (Lipinski definition) is 2. The molecule has 1 aliphatic heterocycles. The normalized spacial score (nSPS) is 19.3. The number of rotatable bonds is 3. The summed E-state index contributed by atoms with van der Waals surface area (Å²) in [5.41, 5.74) is 6.93. The molecule has 0 aromatic carbocycles. The van der Waals surface area contributed by atoms with Crippen LogP contribution in [0.3, 0.4) is 0 Å². The van der Waals surface area contributed by atoms with Crippen molar-refractivity contribution in [1.29, 1.82) is 5.26 Å². The number of anilines is 1. The smallest absolute Gasteiger partial charge is 0.275 e. The number of carbonyl (C=O) groups excluding carboxylic acids is 1. The zero-order valence-electron chi connectivity index (χ0n) is 13.9. The van der Waals surface area contributed by atoms with Crippen LogP contribution in [0.5, 0.6) is 0 Å². The maximum absolute atomic E-state index is 12.4. The Hall–Kier alpha value is -2.63. The zero-order chi connectivity index (χ0) is 18.7. The number of thioether (sulfide) groups is 1. The molecule has 1 atom stereocenters. The lowest BCUT2D eigenvalue weighted by Crippen LogP contribution is -2.29. The lowest BCUT2D eigenvalue weighted by atomic mass is 9.94. The summed E-state index contributed by atoms with van der Waals surface area (Å²) >= 11 is 7.56. The molecule has 0 bridgehead atoms. The van der Waals surface area contributed by atoms with Crippen molar-refractivity contribution in [2.45, 2.75) is 18.9 Å². The maximum atomic E-state index is 12.4. The molecule has 3 heterocycles. The van der Waals surface area contributed by atoms with E-state index in [2.05, 4.69) is 20.3 Å². The number of carbonyl (C=O) groups is 1. The van der Waals surface area contributed by atoms with Crippen LogP contribution in [0.2, 0.25) is 5.02 Å². The second-order valence-electron chi connectivity index (χ2n) is 5.87. The topological polar surface area (TPSA) is 117 Å². The molecule has 0 fully saturated rings. The van der Waals surface area contributed by atoms with Gasteiger partial charge in [-0.15, -0.1) is 0 Å². The number of halogens is 1. The van der Waals surface area contributed by atoms with Crippen LogP contribution in [-0.4, -0.2) is 26.8 Å². The molecule has 3 rings (SSSR count). The number of aliphatic imine (C=N–C) groups is 1. The summed E-state index contributed by atoms with van der Waals surface area (Å²) in [5.74, 6) is 0.388. The van der Waals surface area contributed by atoms with Gasteiger partial charge in [0.2, 0.25) is 0 Å². The highest BCUT2D eigenvalue weighted by atomic mass is 35.5. The van der Waals surface area contributed by atoms with Crippen molar-refractivity contribution >= 4 is 40.1 Å². The third-order valence-electron chi connectivity index (χ3n) is 3.95. The fraction of sp³-hybridized carbons (Fsp3) is 0.235. The van der Waals surface area contributed by atoms with Gasteiger partial charge in [0.05, 0.1) is 16.3 Å². The summed E-state index contributed by atoms with van der Waals surface area (Å²) in [4.78, 5) is 25.3. The summed E-state index contributed by atoms with van der Waals surface area (Å²) in [6.07, 6.45) is 3.71. The highest BCUT2D eigenvalue weighted by Gasteiger charge is 2.31. The minimum atomic E-state index is -0.527. The van der Waals surface area contributed by atoms with Crippen molar-refractivity contribution in [3.8, 4) is 6.07 Å². The molecule has 1 aliphatic rings. The standard InChI is InChI=1S/C17H15ClN6OS/c1-17(3-5-26-16(20)24-17)13-7-11(2-4-21-13)23-15(25)14-12(18)6-10(8-19)9-22-14/h2,4,6-7,9H,3,5H2,1H3,(H2,20,24)(H,21,23,25)/t17-/m0/s1. The second kappa shape index (κ2) is 7.32. The van der Waals surface area contributed by atoms with Crippen LogP contribution in [0, 0.1) is 11.3 Å². The largest absolute Gasteiger partial charge is 0.379 e. The van der Waals surface area contributed by atoms with Crippen LogP contribution in [0.15, 0.2) is 35.6 Å². The van der Waals surface area contributed by atoms with Crippen molar-refractivity contribution in [2.75, 3.05) is 11.1 Å². The number of amidine groups is 1. The Bertz CT molecular complexity index is 941. The van der Waals surface area contributed by atoms with Gasteiger partial charge in [-0.05, 0) is 31.5 Å². The molecular weight excluding hydrogens is 372 g/mol. The highest BCUT2D eigenvalue weighted by molar-refractivity contribution is 8.13. The predicted molar refractivity (Wildman–Crippen MR) is 102 cm³/mol. The first kappa shape index (κ1) is 18.2. The van der Waals surface area contributed by atoms with Gasteiger partial charge in [0, 0.05) is 23.8 Å². The van der Waals surface area contributed by atoms with Crippen molar-refractivity contribution < 1.29 is 4.79 Å². The van der Waals surface area contributed by atoms with E-state index in [4.69, 9.17) is 22.6 Å². The summed E-state index contributed by atoms with van der Waals surface area (Å²) in [6.45, 7) is 1.96. The van der Waals surface area contributed by atoms with Crippen LogP contribution in [0.25, 0.3) is 0 Å². The van der Waals surface area contributed by atoms with Crippen LogP contribution in [-0.2, 0) is 5.54 Å². The number of nitriles is 1. The molecule has 2 aromatic heterocycles. The van der Waals surface area contributed by atoms with Crippen LogP contribution in [0.1, 0.15) is 35.1 Å². The summed E-state index contributed by atoms with van der Waals surface area (Å²) in [5, 5.41) is 12.2.